The average Bonchev–Trinajstić information content (AvgIpc) is 2.72. The van der Waals surface area contributed by atoms with Crippen molar-refractivity contribution >= 4 is 11.6 Å². The number of carbonyl (C=O) groups excluding carboxylic acids is 1. The van der Waals surface area contributed by atoms with Crippen LogP contribution in [0.5, 0.6) is 0 Å². The first-order valence-electron chi connectivity index (χ1n) is 5.92. The fraction of sp³-hybridized carbons (Fsp3) is 0.636. The minimum Gasteiger partial charge on any atom is -0.396 e. The Kier molecular flexibility index (Phi) is 3.63. The Hall–Kier alpha value is -1.56. The summed E-state index contributed by atoms with van der Waals surface area (Å²) in [4.78, 5) is 14.1. The lowest BCUT2D eigenvalue weighted by Crippen LogP contribution is -2.39. The van der Waals surface area contributed by atoms with E-state index in [0.717, 1.165) is 13.1 Å². The highest BCUT2D eigenvalue weighted by Crippen LogP contribution is 2.14. The first kappa shape index (κ1) is 11.9. The Labute approximate surface area is 101 Å². The van der Waals surface area contributed by atoms with Crippen LogP contribution in [-0.2, 0) is 0 Å². The fourth-order valence-electron chi connectivity index (χ4n) is 2.24. The molecule has 2 heterocycles. The van der Waals surface area contributed by atoms with Gasteiger partial charge in [0.05, 0.1) is 11.9 Å². The van der Waals surface area contributed by atoms with Crippen molar-refractivity contribution in [1.82, 2.24) is 20.4 Å². The fourth-order valence-corrected chi connectivity index (χ4v) is 2.24. The van der Waals surface area contributed by atoms with Crippen LogP contribution in [0.2, 0.25) is 0 Å². The summed E-state index contributed by atoms with van der Waals surface area (Å²) in [5.41, 5.74) is 6.36. The molecule has 1 atom stereocenters. The van der Waals surface area contributed by atoms with Gasteiger partial charge in [0.2, 0.25) is 0 Å². The molecule has 6 heteroatoms. The summed E-state index contributed by atoms with van der Waals surface area (Å²) in [6.45, 7) is 2.89. The molecule has 6 nitrogen and oxygen atoms in total. The number of aromatic amines is 1. The highest BCUT2D eigenvalue weighted by Gasteiger charge is 2.19. The summed E-state index contributed by atoms with van der Waals surface area (Å²) < 4.78 is 0. The predicted octanol–water partition coefficient (Wildman–Crippen LogP) is 0.0635. The number of piperidine rings is 1. The second kappa shape index (κ2) is 5.18. The zero-order chi connectivity index (χ0) is 12.3. The van der Waals surface area contributed by atoms with Gasteiger partial charge in [-0.2, -0.15) is 5.10 Å². The largest absolute Gasteiger partial charge is 0.396 e. The summed E-state index contributed by atoms with van der Waals surface area (Å²) in [7, 11) is 2.11. The molecule has 0 spiro atoms. The van der Waals surface area contributed by atoms with Crippen molar-refractivity contribution in [3.05, 3.63) is 11.9 Å². The number of H-pyrrole nitrogens is 1. The Balaban J connectivity index is 1.82. The van der Waals surface area contributed by atoms with Gasteiger partial charge in [0.1, 0.15) is 5.69 Å². The van der Waals surface area contributed by atoms with E-state index >= 15 is 0 Å². The molecule has 0 radical (unpaired) electrons. The number of likely N-dealkylation sites (tertiary alicyclic amines) is 1. The lowest BCUT2D eigenvalue weighted by molar-refractivity contribution is 0.0932. The Morgan fingerprint density at radius 2 is 2.59 bits per heavy atom. The van der Waals surface area contributed by atoms with Gasteiger partial charge in [0.25, 0.3) is 5.91 Å². The normalized spacial score (nSPS) is 21.4. The number of nitrogens with one attached hydrogen (secondary N) is 2. The van der Waals surface area contributed by atoms with Gasteiger partial charge in [0, 0.05) is 13.1 Å². The number of nitrogens with zero attached hydrogens (tertiary/aromatic N) is 2. The lowest BCUT2D eigenvalue weighted by Gasteiger charge is -2.29. The van der Waals surface area contributed by atoms with Gasteiger partial charge in [-0.1, -0.05) is 0 Å². The molecule has 94 valence electrons. The van der Waals surface area contributed by atoms with E-state index in [9.17, 15) is 4.79 Å². The first-order chi connectivity index (χ1) is 8.16. The van der Waals surface area contributed by atoms with Gasteiger partial charge < -0.3 is 16.0 Å². The van der Waals surface area contributed by atoms with E-state index in [2.05, 4.69) is 27.5 Å². The second-order valence-electron chi connectivity index (χ2n) is 4.68. The van der Waals surface area contributed by atoms with Crippen molar-refractivity contribution < 1.29 is 4.79 Å². The third-order valence-corrected chi connectivity index (χ3v) is 3.17. The zero-order valence-electron chi connectivity index (χ0n) is 10.1. The topological polar surface area (TPSA) is 87.0 Å². The van der Waals surface area contributed by atoms with Crippen LogP contribution in [-0.4, -0.2) is 47.7 Å². The molecule has 1 amide bonds. The summed E-state index contributed by atoms with van der Waals surface area (Å²) in [6, 6.07) is 0. The molecule has 1 aromatic heterocycles. The molecule has 1 fully saturated rings. The van der Waals surface area contributed by atoms with E-state index in [-0.39, 0.29) is 5.91 Å². The molecule has 1 unspecified atom stereocenters. The SMILES string of the molecule is CN1CCCC(CNC(=O)c2[nH]ncc2N)C1. The maximum atomic E-state index is 11.8. The molecular weight excluding hydrogens is 218 g/mol. The van der Waals surface area contributed by atoms with Gasteiger partial charge in [0.15, 0.2) is 0 Å². The molecule has 0 aromatic carbocycles. The van der Waals surface area contributed by atoms with Crippen LogP contribution >= 0.6 is 0 Å². The quantitative estimate of drug-likeness (QED) is 0.694. The van der Waals surface area contributed by atoms with E-state index in [1.807, 2.05) is 0 Å². The zero-order valence-corrected chi connectivity index (χ0v) is 10.1. The molecule has 0 bridgehead atoms. The monoisotopic (exact) mass is 237 g/mol. The average molecular weight is 237 g/mol. The van der Waals surface area contributed by atoms with Crippen LogP contribution < -0.4 is 11.1 Å². The molecule has 2 rings (SSSR count). The van der Waals surface area contributed by atoms with Gasteiger partial charge in [-0.05, 0) is 32.4 Å². The van der Waals surface area contributed by atoms with Crippen LogP contribution in [0.1, 0.15) is 23.3 Å². The molecule has 1 aliphatic heterocycles. The van der Waals surface area contributed by atoms with Gasteiger partial charge in [-0.15, -0.1) is 0 Å². The first-order valence-corrected chi connectivity index (χ1v) is 5.92. The lowest BCUT2D eigenvalue weighted by atomic mass is 9.98. The summed E-state index contributed by atoms with van der Waals surface area (Å²) in [5.74, 6) is 0.357. The van der Waals surface area contributed by atoms with Crippen molar-refractivity contribution in [2.24, 2.45) is 5.92 Å². The minimum atomic E-state index is -0.173. The summed E-state index contributed by atoms with van der Waals surface area (Å²) in [5, 5.41) is 9.23. The maximum absolute atomic E-state index is 11.8. The molecule has 1 aromatic rings. The number of hydrogen-bond donors (Lipinski definition) is 3. The Morgan fingerprint density at radius 1 is 1.76 bits per heavy atom. The highest BCUT2D eigenvalue weighted by molar-refractivity contribution is 5.96. The van der Waals surface area contributed by atoms with Crippen LogP contribution in [0.15, 0.2) is 6.20 Å². The molecule has 4 N–H and O–H groups in total. The third kappa shape index (κ3) is 2.97. The Morgan fingerprint density at radius 3 is 3.24 bits per heavy atom. The molecular formula is C11H19N5O. The van der Waals surface area contributed by atoms with Crippen molar-refractivity contribution in [3.8, 4) is 0 Å². The molecule has 0 aliphatic carbocycles. The van der Waals surface area contributed by atoms with Crippen molar-refractivity contribution in [3.63, 3.8) is 0 Å². The number of carbonyl (C=O) groups is 1. The molecule has 17 heavy (non-hydrogen) atoms. The summed E-state index contributed by atoms with van der Waals surface area (Å²) >= 11 is 0. The second-order valence-corrected chi connectivity index (χ2v) is 4.68. The third-order valence-electron chi connectivity index (χ3n) is 3.17. The molecule has 1 saturated heterocycles. The number of anilines is 1. The smallest absolute Gasteiger partial charge is 0.271 e. The molecule has 1 aliphatic rings. The van der Waals surface area contributed by atoms with Gasteiger partial charge in [-0.3, -0.25) is 9.89 Å². The van der Waals surface area contributed by atoms with E-state index < -0.39 is 0 Å². The van der Waals surface area contributed by atoms with Crippen LogP contribution in [0.4, 0.5) is 5.69 Å². The minimum absolute atomic E-state index is 0.173. The maximum Gasteiger partial charge on any atom is 0.271 e. The van der Waals surface area contributed by atoms with Crippen molar-refractivity contribution in [2.75, 3.05) is 32.4 Å². The Bertz CT molecular complexity index is 389. The number of nitrogen functional groups attached to an aromatic ring is 1. The number of aromatic nitrogens is 2. The van der Waals surface area contributed by atoms with E-state index in [1.165, 1.54) is 19.0 Å². The van der Waals surface area contributed by atoms with Crippen molar-refractivity contribution in [2.45, 2.75) is 12.8 Å². The standard InChI is InChI=1S/C11H19N5O/c1-16-4-2-3-8(7-16)5-13-11(17)10-9(12)6-14-15-10/h6,8H,2-5,7,12H2,1H3,(H,13,17)(H,14,15). The predicted molar refractivity (Wildman–Crippen MR) is 65.6 cm³/mol. The van der Waals surface area contributed by atoms with E-state index in [1.54, 1.807) is 0 Å². The van der Waals surface area contributed by atoms with Gasteiger partial charge >= 0.3 is 0 Å². The highest BCUT2D eigenvalue weighted by atomic mass is 16.1. The van der Waals surface area contributed by atoms with E-state index in [4.69, 9.17) is 5.73 Å². The number of hydrogen-bond acceptors (Lipinski definition) is 4. The van der Waals surface area contributed by atoms with E-state index in [0.29, 0.717) is 23.8 Å². The molecule has 0 saturated carbocycles. The van der Waals surface area contributed by atoms with Crippen LogP contribution in [0.3, 0.4) is 0 Å². The van der Waals surface area contributed by atoms with Gasteiger partial charge in [-0.25, -0.2) is 0 Å². The number of rotatable bonds is 3. The van der Waals surface area contributed by atoms with Crippen LogP contribution in [0.25, 0.3) is 0 Å². The van der Waals surface area contributed by atoms with Crippen molar-refractivity contribution in [1.29, 1.82) is 0 Å². The number of nitrogens with two attached hydrogens (primary N) is 1. The number of amides is 1. The van der Waals surface area contributed by atoms with Crippen LogP contribution in [0, 0.1) is 5.92 Å². The summed E-state index contributed by atoms with van der Waals surface area (Å²) in [6.07, 6.45) is 3.82.